The maximum atomic E-state index is 12.4. The number of hydrogen-bond donors (Lipinski definition) is 1. The fraction of sp³-hybridized carbons (Fsp3) is 0.571. The van der Waals surface area contributed by atoms with Gasteiger partial charge in [0.2, 0.25) is 0 Å². The summed E-state index contributed by atoms with van der Waals surface area (Å²) >= 11 is 0. The molecule has 2 heterocycles. The van der Waals surface area contributed by atoms with Crippen LogP contribution in [0, 0.1) is 0 Å². The number of pyridine rings is 1. The lowest BCUT2D eigenvalue weighted by Gasteiger charge is -2.27. The lowest BCUT2D eigenvalue weighted by atomic mass is 10.1. The summed E-state index contributed by atoms with van der Waals surface area (Å²) in [5, 5.41) is 2.95. The minimum Gasteiger partial charge on any atom is -0.376 e. The zero-order chi connectivity index (χ0) is 13.7. The molecule has 2 rings (SSSR count). The Labute approximate surface area is 114 Å². The number of nitrogens with one attached hydrogen (secondary N) is 1. The van der Waals surface area contributed by atoms with Gasteiger partial charge < -0.3 is 15.0 Å². The first-order valence-corrected chi connectivity index (χ1v) is 6.72. The number of amides is 1. The molecule has 1 N–H and O–H groups in total. The molecule has 0 spiro atoms. The number of likely N-dealkylation sites (N-methyl/N-ethyl adjacent to an activating group) is 1. The maximum absolute atomic E-state index is 12.4. The summed E-state index contributed by atoms with van der Waals surface area (Å²) in [4.78, 5) is 18.3. The monoisotopic (exact) mass is 263 g/mol. The second-order valence-corrected chi connectivity index (χ2v) is 4.82. The molecule has 1 atom stereocenters. The quantitative estimate of drug-likeness (QED) is 0.899. The maximum Gasteiger partial charge on any atom is 0.257 e. The fourth-order valence-corrected chi connectivity index (χ4v) is 2.32. The Morgan fingerprint density at radius 1 is 1.58 bits per heavy atom. The summed E-state index contributed by atoms with van der Waals surface area (Å²) in [5.41, 5.74) is 0.600. The summed E-state index contributed by atoms with van der Waals surface area (Å²) in [6, 6.07) is 3.57. The van der Waals surface area contributed by atoms with Crippen LogP contribution in [0.15, 0.2) is 18.3 Å². The van der Waals surface area contributed by atoms with Gasteiger partial charge in [0.15, 0.2) is 0 Å². The highest BCUT2D eigenvalue weighted by Gasteiger charge is 2.21. The van der Waals surface area contributed by atoms with Crippen molar-refractivity contribution in [1.29, 1.82) is 0 Å². The third-order valence-corrected chi connectivity index (χ3v) is 3.37. The van der Waals surface area contributed by atoms with Crippen molar-refractivity contribution in [3.63, 3.8) is 0 Å². The molecule has 0 aliphatic carbocycles. The molecular formula is C14H21N3O2. The normalized spacial score (nSPS) is 18.9. The molecule has 1 saturated heterocycles. The minimum atomic E-state index is -0.0216. The largest absolute Gasteiger partial charge is 0.376 e. The van der Waals surface area contributed by atoms with Crippen molar-refractivity contribution < 1.29 is 9.53 Å². The zero-order valence-electron chi connectivity index (χ0n) is 11.6. The van der Waals surface area contributed by atoms with Gasteiger partial charge in [-0.1, -0.05) is 0 Å². The van der Waals surface area contributed by atoms with E-state index in [1.165, 1.54) is 6.42 Å². The predicted octanol–water partition coefficient (Wildman–Crippen LogP) is 1.76. The Kier molecular flexibility index (Phi) is 4.74. The smallest absolute Gasteiger partial charge is 0.257 e. The topological polar surface area (TPSA) is 54.5 Å². The van der Waals surface area contributed by atoms with Gasteiger partial charge in [-0.15, -0.1) is 0 Å². The molecule has 1 amide bonds. The van der Waals surface area contributed by atoms with Gasteiger partial charge in [0, 0.05) is 33.4 Å². The minimum absolute atomic E-state index is 0.0216. The molecule has 104 valence electrons. The van der Waals surface area contributed by atoms with Crippen LogP contribution in [-0.4, -0.2) is 49.1 Å². The van der Waals surface area contributed by atoms with Gasteiger partial charge in [0.05, 0.1) is 11.7 Å². The van der Waals surface area contributed by atoms with Crippen molar-refractivity contribution in [2.24, 2.45) is 0 Å². The van der Waals surface area contributed by atoms with Crippen molar-refractivity contribution >= 4 is 11.7 Å². The van der Waals surface area contributed by atoms with Crippen LogP contribution in [0.5, 0.6) is 0 Å². The van der Waals surface area contributed by atoms with Crippen LogP contribution < -0.4 is 5.32 Å². The van der Waals surface area contributed by atoms with E-state index in [4.69, 9.17) is 4.74 Å². The van der Waals surface area contributed by atoms with Crippen molar-refractivity contribution in [2.75, 3.05) is 32.6 Å². The molecule has 0 saturated carbocycles. The summed E-state index contributed by atoms with van der Waals surface area (Å²) in [6.45, 7) is 1.44. The van der Waals surface area contributed by atoms with E-state index in [0.29, 0.717) is 17.9 Å². The lowest BCUT2D eigenvalue weighted by molar-refractivity contribution is -0.000177. The zero-order valence-corrected chi connectivity index (χ0v) is 11.6. The van der Waals surface area contributed by atoms with Gasteiger partial charge in [0.25, 0.3) is 5.91 Å². The van der Waals surface area contributed by atoms with Gasteiger partial charge in [-0.25, -0.2) is 4.98 Å². The number of carbonyl (C=O) groups is 1. The molecule has 1 aliphatic rings. The number of aromatic nitrogens is 1. The van der Waals surface area contributed by atoms with E-state index in [1.807, 2.05) is 7.05 Å². The first-order valence-electron chi connectivity index (χ1n) is 6.72. The average molecular weight is 263 g/mol. The highest BCUT2D eigenvalue weighted by atomic mass is 16.5. The average Bonchev–Trinajstić information content (AvgIpc) is 2.47. The van der Waals surface area contributed by atoms with Crippen LogP contribution in [0.3, 0.4) is 0 Å². The molecule has 1 aliphatic heterocycles. The molecule has 1 aromatic heterocycles. The van der Waals surface area contributed by atoms with Crippen molar-refractivity contribution in [1.82, 2.24) is 9.88 Å². The molecule has 0 radical (unpaired) electrons. The molecule has 0 bridgehead atoms. The Morgan fingerprint density at radius 2 is 2.42 bits per heavy atom. The van der Waals surface area contributed by atoms with Crippen molar-refractivity contribution in [3.8, 4) is 0 Å². The van der Waals surface area contributed by atoms with Crippen LogP contribution in [0.2, 0.25) is 0 Å². The Bertz CT molecular complexity index is 430. The van der Waals surface area contributed by atoms with E-state index in [9.17, 15) is 4.79 Å². The molecule has 1 unspecified atom stereocenters. The van der Waals surface area contributed by atoms with E-state index >= 15 is 0 Å². The first-order chi connectivity index (χ1) is 9.22. The van der Waals surface area contributed by atoms with Crippen LogP contribution in [0.25, 0.3) is 0 Å². The summed E-state index contributed by atoms with van der Waals surface area (Å²) in [7, 11) is 3.58. The number of carbonyl (C=O) groups excluding carboxylic acids is 1. The van der Waals surface area contributed by atoms with E-state index in [-0.39, 0.29) is 12.0 Å². The first kappa shape index (κ1) is 13.8. The van der Waals surface area contributed by atoms with Crippen LogP contribution in [0.1, 0.15) is 29.6 Å². The number of rotatable bonds is 4. The standard InChI is InChI=1S/C14H21N3O2/c1-15-13-12(7-5-8-16-13)14(18)17(2)10-11-6-3-4-9-19-11/h5,7-8,11H,3-4,6,9-10H2,1-2H3,(H,15,16). The highest BCUT2D eigenvalue weighted by molar-refractivity contribution is 5.98. The molecule has 19 heavy (non-hydrogen) atoms. The Hall–Kier alpha value is -1.62. The fourth-order valence-electron chi connectivity index (χ4n) is 2.32. The number of hydrogen-bond acceptors (Lipinski definition) is 4. The van der Waals surface area contributed by atoms with Gasteiger partial charge in [-0.05, 0) is 31.4 Å². The third-order valence-electron chi connectivity index (χ3n) is 3.37. The highest BCUT2D eigenvalue weighted by Crippen LogP contribution is 2.16. The molecule has 5 heteroatoms. The van der Waals surface area contributed by atoms with E-state index < -0.39 is 0 Å². The second kappa shape index (κ2) is 6.52. The SMILES string of the molecule is CNc1ncccc1C(=O)N(C)CC1CCCCO1. The molecule has 5 nitrogen and oxygen atoms in total. The Balaban J connectivity index is 2.01. The van der Waals surface area contributed by atoms with Crippen LogP contribution >= 0.6 is 0 Å². The molecular weight excluding hydrogens is 242 g/mol. The lowest BCUT2D eigenvalue weighted by Crippen LogP contribution is -2.37. The molecule has 1 fully saturated rings. The third kappa shape index (κ3) is 3.44. The van der Waals surface area contributed by atoms with Gasteiger partial charge >= 0.3 is 0 Å². The van der Waals surface area contributed by atoms with Crippen LogP contribution in [-0.2, 0) is 4.74 Å². The van der Waals surface area contributed by atoms with E-state index in [2.05, 4.69) is 10.3 Å². The van der Waals surface area contributed by atoms with Gasteiger partial charge in [0.1, 0.15) is 5.82 Å². The summed E-state index contributed by atoms with van der Waals surface area (Å²) < 4.78 is 5.67. The predicted molar refractivity (Wildman–Crippen MR) is 74.3 cm³/mol. The molecule has 1 aromatic rings. The number of anilines is 1. The molecule has 0 aromatic carbocycles. The Morgan fingerprint density at radius 3 is 3.11 bits per heavy atom. The van der Waals surface area contributed by atoms with Crippen LogP contribution in [0.4, 0.5) is 5.82 Å². The van der Waals surface area contributed by atoms with Crippen molar-refractivity contribution in [3.05, 3.63) is 23.9 Å². The van der Waals surface area contributed by atoms with Gasteiger partial charge in [-0.3, -0.25) is 4.79 Å². The number of ether oxygens (including phenoxy) is 1. The summed E-state index contributed by atoms with van der Waals surface area (Å²) in [6.07, 6.45) is 5.18. The van der Waals surface area contributed by atoms with Crippen molar-refractivity contribution in [2.45, 2.75) is 25.4 Å². The number of nitrogens with zero attached hydrogens (tertiary/aromatic N) is 2. The van der Waals surface area contributed by atoms with Gasteiger partial charge in [-0.2, -0.15) is 0 Å². The van der Waals surface area contributed by atoms with E-state index in [0.717, 1.165) is 19.4 Å². The second-order valence-electron chi connectivity index (χ2n) is 4.82. The van der Waals surface area contributed by atoms with E-state index in [1.54, 1.807) is 30.3 Å². The summed E-state index contributed by atoms with van der Waals surface area (Å²) in [5.74, 6) is 0.593.